The van der Waals surface area contributed by atoms with Gasteiger partial charge >= 0.3 is 0 Å². The molecule has 0 bridgehead atoms. The Labute approximate surface area is 289 Å². The van der Waals surface area contributed by atoms with Gasteiger partial charge in [0.1, 0.15) is 0 Å². The molecule has 0 amide bonds. The first kappa shape index (κ1) is 31.2. The van der Waals surface area contributed by atoms with E-state index in [0.29, 0.717) is 17.5 Å². The van der Waals surface area contributed by atoms with Gasteiger partial charge in [0, 0.05) is 43.9 Å². The van der Waals surface area contributed by atoms with Crippen molar-refractivity contribution in [3.8, 4) is 22.6 Å². The normalized spacial score (nSPS) is 14.1. The summed E-state index contributed by atoms with van der Waals surface area (Å²) >= 11 is 0. The van der Waals surface area contributed by atoms with Crippen LogP contribution >= 0.6 is 0 Å². The SMILES string of the molecule is CC(C)c1cc2c3c(c1)nc(-c1[c-]cccc1)n3CC=C2.Cc1ccc2c(n1)oc1c(-c3cc(C4CCCC4)ccn3)[c-]ccc12.[Ir]. The van der Waals surface area contributed by atoms with E-state index >= 15 is 0 Å². The third-order valence-electron chi connectivity index (χ3n) is 9.40. The molecular weight excluding hydrogens is 757 g/mol. The second-order valence-corrected chi connectivity index (χ2v) is 12.8. The summed E-state index contributed by atoms with van der Waals surface area (Å²) in [6.07, 6.45) is 11.6. The Morgan fingerprint density at radius 3 is 2.60 bits per heavy atom. The standard InChI is InChI=1S/C22H19N2O.C19H17N2.Ir/c1-14-9-10-18-17-7-4-8-19(21(17)25-22(18)24-14)20-13-16(11-12-23-20)15-5-2-3-6-15;1-13(2)16-11-15-9-6-10-21-18(15)17(12-16)20-19(21)14-7-4-3-5-8-14;/h4,7,9-13,15H,2-3,5-6H2,1H3;3-7,9,11-13H,10H2,1-2H3;/q2*-1;. The van der Waals surface area contributed by atoms with Crippen molar-refractivity contribution in [3.63, 3.8) is 0 Å². The van der Waals surface area contributed by atoms with Crippen molar-refractivity contribution in [1.82, 2.24) is 19.5 Å². The molecule has 47 heavy (non-hydrogen) atoms. The molecule has 1 aliphatic carbocycles. The Kier molecular flexibility index (Phi) is 8.65. The number of rotatable bonds is 4. The van der Waals surface area contributed by atoms with E-state index in [0.717, 1.165) is 56.8 Å². The van der Waals surface area contributed by atoms with Gasteiger partial charge in [-0.25, -0.2) is 4.98 Å². The summed E-state index contributed by atoms with van der Waals surface area (Å²) in [7, 11) is 0. The number of aromatic nitrogens is 4. The summed E-state index contributed by atoms with van der Waals surface area (Å²) in [6, 6.07) is 31.7. The number of fused-ring (bicyclic) bond motifs is 3. The number of aryl methyl sites for hydroxylation is 1. The zero-order valence-electron chi connectivity index (χ0n) is 26.9. The van der Waals surface area contributed by atoms with Gasteiger partial charge in [0.15, 0.2) is 0 Å². The maximum atomic E-state index is 6.10. The van der Waals surface area contributed by atoms with Crippen molar-refractivity contribution >= 4 is 39.2 Å². The minimum Gasteiger partial charge on any atom is -0.486 e. The predicted octanol–water partition coefficient (Wildman–Crippen LogP) is 10.5. The first-order valence-electron chi connectivity index (χ1n) is 16.4. The van der Waals surface area contributed by atoms with E-state index in [2.05, 4.69) is 89.1 Å². The first-order valence-corrected chi connectivity index (χ1v) is 16.4. The van der Waals surface area contributed by atoms with Crippen LogP contribution in [0.25, 0.3) is 61.8 Å². The molecule has 2 aliphatic rings. The Hall–Kier alpha value is -4.38. The summed E-state index contributed by atoms with van der Waals surface area (Å²) < 4.78 is 8.39. The van der Waals surface area contributed by atoms with Crippen LogP contribution in [0.2, 0.25) is 0 Å². The number of hydrogen-bond donors (Lipinski definition) is 0. The third kappa shape index (κ3) is 5.86. The number of allylic oxidation sites excluding steroid dienone is 1. The molecule has 1 radical (unpaired) electrons. The predicted molar refractivity (Wildman–Crippen MR) is 187 cm³/mol. The van der Waals surface area contributed by atoms with Crippen LogP contribution in [0.15, 0.2) is 89.5 Å². The monoisotopic (exact) mass is 793 g/mol. The molecule has 5 nitrogen and oxygen atoms in total. The number of pyridine rings is 2. The molecule has 1 aliphatic heterocycles. The Bertz CT molecular complexity index is 2240. The fourth-order valence-corrected chi connectivity index (χ4v) is 6.99. The summed E-state index contributed by atoms with van der Waals surface area (Å²) in [5.74, 6) is 2.19. The minimum absolute atomic E-state index is 0. The van der Waals surface area contributed by atoms with Gasteiger partial charge in [-0.3, -0.25) is 4.98 Å². The Morgan fingerprint density at radius 2 is 1.79 bits per heavy atom. The van der Waals surface area contributed by atoms with E-state index in [-0.39, 0.29) is 20.1 Å². The molecule has 5 heterocycles. The topological polar surface area (TPSA) is 56.7 Å². The summed E-state index contributed by atoms with van der Waals surface area (Å²) in [4.78, 5) is 14.0. The molecule has 237 valence electrons. The van der Waals surface area contributed by atoms with Crippen molar-refractivity contribution in [3.05, 3.63) is 120 Å². The van der Waals surface area contributed by atoms with Crippen LogP contribution in [0.3, 0.4) is 0 Å². The van der Waals surface area contributed by atoms with E-state index in [1.54, 1.807) is 0 Å². The Balaban J connectivity index is 0.000000148. The second kappa shape index (κ2) is 13.0. The van der Waals surface area contributed by atoms with Crippen molar-refractivity contribution in [2.75, 3.05) is 0 Å². The summed E-state index contributed by atoms with van der Waals surface area (Å²) in [5, 5.41) is 2.12. The third-order valence-corrected chi connectivity index (χ3v) is 9.40. The maximum Gasteiger partial charge on any atom is 0.216 e. The van der Waals surface area contributed by atoms with Crippen LogP contribution in [-0.4, -0.2) is 19.5 Å². The van der Waals surface area contributed by atoms with E-state index < -0.39 is 0 Å². The van der Waals surface area contributed by atoms with Gasteiger partial charge in [0.05, 0.1) is 22.4 Å². The van der Waals surface area contributed by atoms with Gasteiger partial charge in [-0.2, -0.15) is 0 Å². The first-order chi connectivity index (χ1) is 22.5. The molecule has 7 aromatic rings. The molecular formula is C41H36IrN4O-2. The molecule has 4 aromatic heterocycles. The molecule has 0 unspecified atom stereocenters. The molecule has 0 atom stereocenters. The van der Waals surface area contributed by atoms with Crippen molar-refractivity contribution in [2.45, 2.75) is 64.8 Å². The van der Waals surface area contributed by atoms with Gasteiger partial charge in [0.25, 0.3) is 0 Å². The molecule has 1 fully saturated rings. The number of benzene rings is 3. The van der Waals surface area contributed by atoms with Crippen LogP contribution in [0.5, 0.6) is 0 Å². The summed E-state index contributed by atoms with van der Waals surface area (Å²) in [6.45, 7) is 7.31. The number of nitrogens with zero attached hydrogens (tertiary/aromatic N) is 4. The smallest absolute Gasteiger partial charge is 0.216 e. The largest absolute Gasteiger partial charge is 0.486 e. The van der Waals surface area contributed by atoms with Crippen molar-refractivity contribution in [2.24, 2.45) is 0 Å². The zero-order valence-corrected chi connectivity index (χ0v) is 29.3. The summed E-state index contributed by atoms with van der Waals surface area (Å²) in [5.41, 5.74) is 11.7. The maximum absolute atomic E-state index is 6.10. The zero-order chi connectivity index (χ0) is 31.2. The fourth-order valence-electron chi connectivity index (χ4n) is 6.99. The minimum atomic E-state index is 0. The van der Waals surface area contributed by atoms with Crippen LogP contribution in [-0.2, 0) is 26.7 Å². The van der Waals surface area contributed by atoms with Gasteiger partial charge in [-0.05, 0) is 78.8 Å². The quantitative estimate of drug-likeness (QED) is 0.167. The van der Waals surface area contributed by atoms with Crippen molar-refractivity contribution < 1.29 is 24.5 Å². The van der Waals surface area contributed by atoms with Crippen LogP contribution in [0, 0.1) is 19.1 Å². The molecule has 3 aromatic carbocycles. The van der Waals surface area contributed by atoms with E-state index in [1.165, 1.54) is 47.9 Å². The molecule has 6 heteroatoms. The van der Waals surface area contributed by atoms with Crippen LogP contribution < -0.4 is 0 Å². The van der Waals surface area contributed by atoms with Crippen LogP contribution in [0.1, 0.15) is 73.8 Å². The van der Waals surface area contributed by atoms with Gasteiger partial charge in [-0.1, -0.05) is 61.4 Å². The van der Waals surface area contributed by atoms with Gasteiger partial charge < -0.3 is 14.0 Å². The Morgan fingerprint density at radius 1 is 0.915 bits per heavy atom. The number of hydrogen-bond acceptors (Lipinski definition) is 4. The van der Waals surface area contributed by atoms with Gasteiger partial charge in [0.2, 0.25) is 5.71 Å². The number of furan rings is 1. The molecule has 9 rings (SSSR count). The average Bonchev–Trinajstić information content (AvgIpc) is 3.84. The molecule has 1 saturated carbocycles. The van der Waals surface area contributed by atoms with E-state index in [4.69, 9.17) is 9.40 Å². The number of imidazole rings is 1. The van der Waals surface area contributed by atoms with Crippen molar-refractivity contribution in [1.29, 1.82) is 0 Å². The van der Waals surface area contributed by atoms with E-state index in [9.17, 15) is 0 Å². The fraction of sp³-hybridized carbons (Fsp3) is 0.244. The van der Waals surface area contributed by atoms with Crippen LogP contribution in [0.4, 0.5) is 0 Å². The van der Waals surface area contributed by atoms with Gasteiger partial charge in [-0.15, -0.1) is 54.1 Å². The average molecular weight is 793 g/mol. The molecule has 0 saturated heterocycles. The molecule has 0 spiro atoms. The molecule has 0 N–H and O–H groups in total. The van der Waals surface area contributed by atoms with E-state index in [1.807, 2.05) is 49.5 Å². The second-order valence-electron chi connectivity index (χ2n) is 12.8.